The molecule has 148 valence electrons. The van der Waals surface area contributed by atoms with Gasteiger partial charge in [-0.2, -0.15) is 0 Å². The second kappa shape index (κ2) is 16.8. The molecular weight excluding hydrogens is 316 g/mol. The van der Waals surface area contributed by atoms with Crippen LogP contribution in [0.3, 0.4) is 0 Å². The zero-order chi connectivity index (χ0) is 18.0. The van der Waals surface area contributed by atoms with Crippen molar-refractivity contribution in [2.45, 2.75) is 109 Å². The highest BCUT2D eigenvalue weighted by Gasteiger charge is 2.23. The van der Waals surface area contributed by atoms with Crippen LogP contribution in [0.5, 0.6) is 0 Å². The molecule has 0 aromatic carbocycles. The van der Waals surface area contributed by atoms with E-state index in [2.05, 4.69) is 0 Å². The first-order valence-electron chi connectivity index (χ1n) is 10.7. The van der Waals surface area contributed by atoms with Crippen LogP contribution < -0.4 is 0 Å². The molecule has 1 N–H and O–H groups in total. The van der Waals surface area contributed by atoms with Gasteiger partial charge in [0.25, 0.3) is 0 Å². The quantitative estimate of drug-likeness (QED) is 0.197. The van der Waals surface area contributed by atoms with Crippen LogP contribution in [0, 0.1) is 0 Å². The lowest BCUT2D eigenvalue weighted by molar-refractivity contribution is -0.144. The van der Waals surface area contributed by atoms with E-state index in [0.29, 0.717) is 19.6 Å². The zero-order valence-electron chi connectivity index (χ0n) is 16.2. The van der Waals surface area contributed by atoms with E-state index in [-0.39, 0.29) is 12.1 Å². The standard InChI is InChI=1S/C21H40O4/c22-17-15-13-11-9-7-5-3-1-2-4-6-8-10-12-14-16-21(23)25-19-20-18-24-20/h20,22H,1-19H2. The van der Waals surface area contributed by atoms with Crippen molar-refractivity contribution in [2.75, 3.05) is 19.8 Å². The molecule has 0 aliphatic carbocycles. The van der Waals surface area contributed by atoms with Crippen LogP contribution in [-0.4, -0.2) is 37.0 Å². The molecule has 0 saturated carbocycles. The van der Waals surface area contributed by atoms with Gasteiger partial charge in [-0.1, -0.05) is 83.5 Å². The first-order valence-corrected chi connectivity index (χ1v) is 10.7. The Morgan fingerprint density at radius 3 is 1.56 bits per heavy atom. The average Bonchev–Trinajstić information content (AvgIpc) is 3.44. The number of esters is 1. The molecule has 1 aliphatic rings. The maximum Gasteiger partial charge on any atom is 0.305 e. The van der Waals surface area contributed by atoms with Crippen molar-refractivity contribution in [2.24, 2.45) is 0 Å². The molecule has 0 spiro atoms. The lowest BCUT2D eigenvalue weighted by Crippen LogP contribution is -2.09. The van der Waals surface area contributed by atoms with Gasteiger partial charge in [0, 0.05) is 13.0 Å². The first-order chi connectivity index (χ1) is 12.3. The van der Waals surface area contributed by atoms with Crippen molar-refractivity contribution in [1.29, 1.82) is 0 Å². The molecule has 1 saturated heterocycles. The Balaban J connectivity index is 1.65. The monoisotopic (exact) mass is 356 g/mol. The highest BCUT2D eigenvalue weighted by atomic mass is 16.6. The SMILES string of the molecule is O=C(CCCCCCCCCCCCCCCCCO)OCC1CO1. The van der Waals surface area contributed by atoms with E-state index >= 15 is 0 Å². The third-order valence-corrected chi connectivity index (χ3v) is 4.87. The molecular formula is C21H40O4. The molecule has 0 radical (unpaired) electrons. The fourth-order valence-corrected chi connectivity index (χ4v) is 3.10. The van der Waals surface area contributed by atoms with Crippen LogP contribution in [-0.2, 0) is 14.3 Å². The number of carbonyl (C=O) groups excluding carboxylic acids is 1. The van der Waals surface area contributed by atoms with Gasteiger partial charge in [-0.05, 0) is 12.8 Å². The Morgan fingerprint density at radius 1 is 0.760 bits per heavy atom. The minimum atomic E-state index is -0.0658. The van der Waals surface area contributed by atoms with Gasteiger partial charge in [-0.3, -0.25) is 4.79 Å². The van der Waals surface area contributed by atoms with Gasteiger partial charge in [0.05, 0.1) is 6.61 Å². The number of unbranched alkanes of at least 4 members (excludes halogenated alkanes) is 14. The van der Waals surface area contributed by atoms with Gasteiger partial charge >= 0.3 is 5.97 Å². The highest BCUT2D eigenvalue weighted by Crippen LogP contribution is 2.14. The van der Waals surface area contributed by atoms with Gasteiger partial charge in [0.1, 0.15) is 12.7 Å². The number of carbonyl (C=O) groups is 1. The van der Waals surface area contributed by atoms with Gasteiger partial charge in [-0.25, -0.2) is 0 Å². The number of aliphatic hydroxyl groups is 1. The molecule has 1 fully saturated rings. The molecule has 4 nitrogen and oxygen atoms in total. The summed E-state index contributed by atoms with van der Waals surface area (Å²) in [5, 5.41) is 8.71. The summed E-state index contributed by atoms with van der Waals surface area (Å²) >= 11 is 0. The molecule has 25 heavy (non-hydrogen) atoms. The summed E-state index contributed by atoms with van der Waals surface area (Å²) < 4.78 is 10.1. The molecule has 1 rings (SSSR count). The predicted molar refractivity (Wildman–Crippen MR) is 102 cm³/mol. The maximum absolute atomic E-state index is 11.4. The van der Waals surface area contributed by atoms with E-state index in [1.807, 2.05) is 0 Å². The van der Waals surface area contributed by atoms with Crippen LogP contribution in [0.2, 0.25) is 0 Å². The largest absolute Gasteiger partial charge is 0.463 e. The van der Waals surface area contributed by atoms with Crippen LogP contribution in [0.15, 0.2) is 0 Å². The average molecular weight is 357 g/mol. The van der Waals surface area contributed by atoms with E-state index in [4.69, 9.17) is 14.6 Å². The number of rotatable bonds is 19. The first kappa shape index (κ1) is 22.4. The number of ether oxygens (including phenoxy) is 2. The minimum Gasteiger partial charge on any atom is -0.463 e. The highest BCUT2D eigenvalue weighted by molar-refractivity contribution is 5.69. The fourth-order valence-electron chi connectivity index (χ4n) is 3.10. The summed E-state index contributed by atoms with van der Waals surface area (Å²) in [4.78, 5) is 11.4. The van der Waals surface area contributed by atoms with E-state index in [0.717, 1.165) is 25.9 Å². The van der Waals surface area contributed by atoms with Gasteiger partial charge in [0.15, 0.2) is 0 Å². The Morgan fingerprint density at radius 2 is 1.16 bits per heavy atom. The van der Waals surface area contributed by atoms with Crippen molar-refractivity contribution in [3.8, 4) is 0 Å². The van der Waals surface area contributed by atoms with E-state index in [1.165, 1.54) is 77.0 Å². The third-order valence-electron chi connectivity index (χ3n) is 4.87. The van der Waals surface area contributed by atoms with Crippen LogP contribution >= 0.6 is 0 Å². The predicted octanol–water partition coefficient (Wildman–Crippen LogP) is 5.16. The Kier molecular flexibility index (Phi) is 15.1. The van der Waals surface area contributed by atoms with Crippen molar-refractivity contribution in [3.63, 3.8) is 0 Å². The van der Waals surface area contributed by atoms with Crippen molar-refractivity contribution >= 4 is 5.97 Å². The van der Waals surface area contributed by atoms with Gasteiger partial charge in [-0.15, -0.1) is 0 Å². The normalized spacial score (nSPS) is 16.1. The second-order valence-electron chi connectivity index (χ2n) is 7.42. The molecule has 4 heteroatoms. The molecule has 1 unspecified atom stereocenters. The van der Waals surface area contributed by atoms with E-state index in [9.17, 15) is 4.79 Å². The molecule has 0 bridgehead atoms. The van der Waals surface area contributed by atoms with E-state index < -0.39 is 0 Å². The van der Waals surface area contributed by atoms with Crippen molar-refractivity contribution in [1.82, 2.24) is 0 Å². The number of hydrogen-bond donors (Lipinski definition) is 1. The maximum atomic E-state index is 11.4. The Labute approximate surface area is 154 Å². The third kappa shape index (κ3) is 16.6. The lowest BCUT2D eigenvalue weighted by atomic mass is 10.0. The van der Waals surface area contributed by atoms with Gasteiger partial charge < -0.3 is 14.6 Å². The van der Waals surface area contributed by atoms with E-state index in [1.54, 1.807) is 0 Å². The summed E-state index contributed by atoms with van der Waals surface area (Å²) in [5.41, 5.74) is 0. The van der Waals surface area contributed by atoms with Crippen LogP contribution in [0.1, 0.15) is 103 Å². The van der Waals surface area contributed by atoms with Crippen LogP contribution in [0.25, 0.3) is 0 Å². The van der Waals surface area contributed by atoms with Crippen molar-refractivity contribution < 1.29 is 19.4 Å². The second-order valence-corrected chi connectivity index (χ2v) is 7.42. The smallest absolute Gasteiger partial charge is 0.305 e. The van der Waals surface area contributed by atoms with Crippen molar-refractivity contribution in [3.05, 3.63) is 0 Å². The van der Waals surface area contributed by atoms with Crippen LogP contribution in [0.4, 0.5) is 0 Å². The summed E-state index contributed by atoms with van der Waals surface area (Å²) in [7, 11) is 0. The molecule has 1 aliphatic heterocycles. The molecule has 1 heterocycles. The lowest BCUT2D eigenvalue weighted by Gasteiger charge is -2.04. The molecule has 0 aromatic heterocycles. The Bertz CT molecular complexity index is 302. The van der Waals surface area contributed by atoms with Gasteiger partial charge in [0.2, 0.25) is 0 Å². The topological polar surface area (TPSA) is 59.1 Å². The zero-order valence-corrected chi connectivity index (χ0v) is 16.2. The molecule has 0 amide bonds. The Hall–Kier alpha value is -0.610. The molecule has 1 atom stereocenters. The summed E-state index contributed by atoms with van der Waals surface area (Å²) in [6, 6.07) is 0. The summed E-state index contributed by atoms with van der Waals surface area (Å²) in [6.07, 6.45) is 19.8. The molecule has 0 aromatic rings. The minimum absolute atomic E-state index is 0.0658. The summed E-state index contributed by atoms with van der Waals surface area (Å²) in [6.45, 7) is 1.55. The summed E-state index contributed by atoms with van der Waals surface area (Å²) in [5.74, 6) is -0.0658. The number of hydrogen-bond acceptors (Lipinski definition) is 4. The fraction of sp³-hybridized carbons (Fsp3) is 0.952. The number of epoxide rings is 1. The number of aliphatic hydroxyl groups excluding tert-OH is 1.